The third-order valence-corrected chi connectivity index (χ3v) is 6.80. The zero-order chi connectivity index (χ0) is 22.0. The molecule has 0 saturated carbocycles. The van der Waals surface area contributed by atoms with Crippen LogP contribution in [0, 0.1) is 5.92 Å². The summed E-state index contributed by atoms with van der Waals surface area (Å²) in [6.07, 6.45) is 3.64. The molecule has 4 rings (SSSR count). The molecule has 166 valence electrons. The van der Waals surface area contributed by atoms with Crippen molar-refractivity contribution in [3.63, 3.8) is 0 Å². The van der Waals surface area contributed by atoms with Gasteiger partial charge in [-0.1, -0.05) is 30.7 Å². The Bertz CT molecular complexity index is 942. The maximum Gasteiger partial charge on any atom is 0.226 e. The van der Waals surface area contributed by atoms with Crippen molar-refractivity contribution >= 4 is 23.3 Å². The number of carbonyl (C=O) groups is 1. The average molecular weight is 442 g/mol. The summed E-state index contributed by atoms with van der Waals surface area (Å²) < 4.78 is 0. The van der Waals surface area contributed by atoms with Crippen molar-refractivity contribution in [1.29, 1.82) is 0 Å². The van der Waals surface area contributed by atoms with Gasteiger partial charge in [-0.3, -0.25) is 4.79 Å². The fourth-order valence-electron chi connectivity index (χ4n) is 4.71. The molecule has 1 aromatic heterocycles. The van der Waals surface area contributed by atoms with Gasteiger partial charge in [0.25, 0.3) is 0 Å². The Labute approximate surface area is 190 Å². The van der Waals surface area contributed by atoms with Gasteiger partial charge in [0.05, 0.1) is 12.2 Å². The van der Waals surface area contributed by atoms with Gasteiger partial charge in [-0.15, -0.1) is 0 Å². The van der Waals surface area contributed by atoms with E-state index in [0.29, 0.717) is 30.5 Å². The van der Waals surface area contributed by atoms with Crippen LogP contribution >= 0.6 is 11.6 Å². The molecule has 1 fully saturated rings. The van der Waals surface area contributed by atoms with Gasteiger partial charge in [-0.05, 0) is 63.5 Å². The molecule has 1 amide bonds. The summed E-state index contributed by atoms with van der Waals surface area (Å²) >= 11 is 6.11. The summed E-state index contributed by atoms with van der Waals surface area (Å²) in [5.74, 6) is 2.33. The first-order chi connectivity index (χ1) is 14.9. The number of hydrogen-bond donors (Lipinski definition) is 1. The molecule has 2 aromatic rings. The van der Waals surface area contributed by atoms with Crippen LogP contribution in [0.3, 0.4) is 0 Å². The molecule has 6 nitrogen and oxygen atoms in total. The van der Waals surface area contributed by atoms with Crippen molar-refractivity contribution in [2.45, 2.75) is 45.1 Å². The number of benzene rings is 1. The summed E-state index contributed by atoms with van der Waals surface area (Å²) in [5.41, 5.74) is 3.25. The number of piperidine rings is 1. The monoisotopic (exact) mass is 441 g/mol. The van der Waals surface area contributed by atoms with Gasteiger partial charge >= 0.3 is 0 Å². The summed E-state index contributed by atoms with van der Waals surface area (Å²) in [4.78, 5) is 27.4. The van der Waals surface area contributed by atoms with E-state index in [1.54, 1.807) is 0 Å². The predicted octanol–water partition coefficient (Wildman–Crippen LogP) is 3.74. The molecule has 0 bridgehead atoms. The van der Waals surface area contributed by atoms with Crippen LogP contribution in [0.25, 0.3) is 0 Å². The lowest BCUT2D eigenvalue weighted by Crippen LogP contribution is -2.40. The standard InChI is InChI=1S/C24H32ClN5O/c1-16(13-17-5-4-6-19(25)14-17)24(31)30-12-9-20-21(15-30)27-22(28-23(20)26-2)18-7-10-29(3)11-8-18/h4-6,14,16,18H,7-13,15H2,1-3H3,(H,26,27,28)/t16-/m0/s1. The quantitative estimate of drug-likeness (QED) is 0.765. The molecule has 2 aliphatic rings. The van der Waals surface area contributed by atoms with E-state index in [-0.39, 0.29) is 11.8 Å². The number of hydrogen-bond acceptors (Lipinski definition) is 5. The van der Waals surface area contributed by atoms with Crippen LogP contribution in [-0.2, 0) is 24.2 Å². The summed E-state index contributed by atoms with van der Waals surface area (Å²) in [5, 5.41) is 3.98. The van der Waals surface area contributed by atoms with E-state index >= 15 is 0 Å². The first-order valence-corrected chi connectivity index (χ1v) is 11.6. The highest BCUT2D eigenvalue weighted by Gasteiger charge is 2.29. The van der Waals surface area contributed by atoms with Crippen LogP contribution in [0.2, 0.25) is 5.02 Å². The Morgan fingerprint density at radius 2 is 2.03 bits per heavy atom. The molecule has 31 heavy (non-hydrogen) atoms. The van der Waals surface area contributed by atoms with E-state index in [1.165, 1.54) is 0 Å². The van der Waals surface area contributed by atoms with Crippen molar-refractivity contribution in [2.24, 2.45) is 5.92 Å². The highest BCUT2D eigenvalue weighted by Crippen LogP contribution is 2.30. The summed E-state index contributed by atoms with van der Waals surface area (Å²) in [6.45, 7) is 5.42. The Morgan fingerprint density at radius 1 is 1.26 bits per heavy atom. The van der Waals surface area contributed by atoms with Crippen molar-refractivity contribution in [2.75, 3.05) is 39.0 Å². The number of carbonyl (C=O) groups excluding carboxylic acids is 1. The number of anilines is 1. The number of likely N-dealkylation sites (tertiary alicyclic amines) is 1. The number of halogens is 1. The smallest absolute Gasteiger partial charge is 0.226 e. The van der Waals surface area contributed by atoms with E-state index in [9.17, 15) is 4.79 Å². The lowest BCUT2D eigenvalue weighted by atomic mass is 9.95. The van der Waals surface area contributed by atoms with Gasteiger partial charge in [0.2, 0.25) is 5.91 Å². The molecular weight excluding hydrogens is 410 g/mol. The molecule has 2 aliphatic heterocycles. The van der Waals surface area contributed by atoms with Gasteiger partial charge < -0.3 is 15.1 Å². The molecule has 0 spiro atoms. The van der Waals surface area contributed by atoms with E-state index in [0.717, 1.165) is 60.8 Å². The number of aromatic nitrogens is 2. The number of nitrogens with one attached hydrogen (secondary N) is 1. The zero-order valence-corrected chi connectivity index (χ0v) is 19.5. The molecule has 0 radical (unpaired) electrons. The highest BCUT2D eigenvalue weighted by molar-refractivity contribution is 6.30. The molecule has 0 unspecified atom stereocenters. The van der Waals surface area contributed by atoms with Crippen molar-refractivity contribution in [1.82, 2.24) is 19.8 Å². The minimum Gasteiger partial charge on any atom is -0.373 e. The Kier molecular flexibility index (Phi) is 6.77. The van der Waals surface area contributed by atoms with Gasteiger partial charge in [0.15, 0.2) is 0 Å². The van der Waals surface area contributed by atoms with Gasteiger partial charge in [0, 0.05) is 36.0 Å². The van der Waals surface area contributed by atoms with Crippen molar-refractivity contribution in [3.8, 4) is 0 Å². The lowest BCUT2D eigenvalue weighted by molar-refractivity contribution is -0.136. The van der Waals surface area contributed by atoms with Crippen LogP contribution in [0.4, 0.5) is 5.82 Å². The molecule has 1 atom stereocenters. The van der Waals surface area contributed by atoms with E-state index in [4.69, 9.17) is 21.6 Å². The molecule has 1 saturated heterocycles. The fraction of sp³-hybridized carbons (Fsp3) is 0.542. The van der Waals surface area contributed by atoms with Crippen LogP contribution in [0.15, 0.2) is 24.3 Å². The van der Waals surface area contributed by atoms with Crippen molar-refractivity contribution < 1.29 is 4.79 Å². The highest BCUT2D eigenvalue weighted by atomic mass is 35.5. The number of nitrogens with zero attached hydrogens (tertiary/aromatic N) is 4. The van der Waals surface area contributed by atoms with E-state index in [2.05, 4.69) is 17.3 Å². The molecular formula is C24H32ClN5O. The molecule has 1 aromatic carbocycles. The minimum atomic E-state index is -0.0982. The summed E-state index contributed by atoms with van der Waals surface area (Å²) in [7, 11) is 4.09. The second kappa shape index (κ2) is 9.53. The normalized spacial score (nSPS) is 18.5. The van der Waals surface area contributed by atoms with Gasteiger partial charge in [-0.2, -0.15) is 0 Å². The maximum atomic E-state index is 13.2. The first kappa shape index (κ1) is 22.0. The van der Waals surface area contributed by atoms with Crippen LogP contribution in [-0.4, -0.2) is 59.4 Å². The average Bonchev–Trinajstić information content (AvgIpc) is 2.77. The second-order valence-corrected chi connectivity index (χ2v) is 9.36. The Balaban J connectivity index is 1.50. The predicted molar refractivity (Wildman–Crippen MR) is 124 cm³/mol. The van der Waals surface area contributed by atoms with Crippen LogP contribution in [0.5, 0.6) is 0 Å². The first-order valence-electron chi connectivity index (χ1n) is 11.2. The van der Waals surface area contributed by atoms with Gasteiger partial charge in [-0.25, -0.2) is 9.97 Å². The zero-order valence-electron chi connectivity index (χ0n) is 18.7. The minimum absolute atomic E-state index is 0.0982. The third kappa shape index (κ3) is 5.01. The van der Waals surface area contributed by atoms with Crippen molar-refractivity contribution in [3.05, 3.63) is 51.9 Å². The van der Waals surface area contributed by atoms with Crippen LogP contribution < -0.4 is 5.32 Å². The third-order valence-electron chi connectivity index (χ3n) is 6.57. The van der Waals surface area contributed by atoms with Gasteiger partial charge in [0.1, 0.15) is 11.6 Å². The Hall–Kier alpha value is -2.18. The maximum absolute atomic E-state index is 13.2. The fourth-order valence-corrected chi connectivity index (χ4v) is 4.92. The largest absolute Gasteiger partial charge is 0.373 e. The van der Waals surface area contributed by atoms with E-state index < -0.39 is 0 Å². The Morgan fingerprint density at radius 3 is 2.74 bits per heavy atom. The molecule has 7 heteroatoms. The molecule has 0 aliphatic carbocycles. The number of amides is 1. The van der Waals surface area contributed by atoms with Crippen LogP contribution in [0.1, 0.15) is 48.3 Å². The molecule has 1 N–H and O–H groups in total. The topological polar surface area (TPSA) is 61.4 Å². The lowest BCUT2D eigenvalue weighted by Gasteiger charge is -2.33. The second-order valence-electron chi connectivity index (χ2n) is 8.93. The number of rotatable bonds is 5. The SMILES string of the molecule is CNc1nc(C2CCN(C)CC2)nc2c1CCN(C(=O)[C@@H](C)Cc1cccc(Cl)c1)C2. The number of fused-ring (bicyclic) bond motifs is 1. The summed E-state index contributed by atoms with van der Waals surface area (Å²) in [6, 6.07) is 7.77. The van der Waals surface area contributed by atoms with E-state index in [1.807, 2.05) is 43.1 Å². The molecule has 3 heterocycles.